The maximum Gasteiger partial charge on any atom is 0.279 e. The van der Waals surface area contributed by atoms with Crippen molar-refractivity contribution < 1.29 is 19.3 Å². The molecule has 5 N–H and O–H groups in total. The van der Waals surface area contributed by atoms with Crippen LogP contribution in [0.25, 0.3) is 0 Å². The molecule has 0 saturated carbocycles. The summed E-state index contributed by atoms with van der Waals surface area (Å²) in [5, 5.41) is 5.77. The Morgan fingerprint density at radius 2 is 1.52 bits per heavy atom. The Labute approximate surface area is 175 Å². The summed E-state index contributed by atoms with van der Waals surface area (Å²) in [7, 11) is 1.79. The van der Waals surface area contributed by atoms with Gasteiger partial charge in [0, 0.05) is 10.6 Å². The number of anilines is 2. The molecule has 0 bridgehead atoms. The highest BCUT2D eigenvalue weighted by molar-refractivity contribution is 8.00. The number of quaternary nitrogens is 1. The first-order valence-electron chi connectivity index (χ1n) is 9.23. The van der Waals surface area contributed by atoms with Crippen LogP contribution in [-0.2, 0) is 14.4 Å². The molecule has 0 saturated heterocycles. The van der Waals surface area contributed by atoms with Gasteiger partial charge in [-0.25, -0.2) is 0 Å². The largest absolute Gasteiger partial charge is 0.369 e. The second-order valence-corrected chi connectivity index (χ2v) is 7.94. The van der Waals surface area contributed by atoms with Crippen LogP contribution in [0.2, 0.25) is 0 Å². The van der Waals surface area contributed by atoms with E-state index in [0.29, 0.717) is 5.69 Å². The van der Waals surface area contributed by atoms with Gasteiger partial charge in [-0.05, 0) is 37.1 Å². The number of likely N-dealkylation sites (N-methyl/N-ethyl adjacent to an activating group) is 1. The van der Waals surface area contributed by atoms with E-state index in [-0.39, 0.29) is 30.7 Å². The lowest BCUT2D eigenvalue weighted by Gasteiger charge is -2.16. The number of nitrogens with one attached hydrogen (secondary N) is 3. The third kappa shape index (κ3) is 7.24. The summed E-state index contributed by atoms with van der Waals surface area (Å²) in [4.78, 5) is 37.3. The van der Waals surface area contributed by atoms with E-state index in [1.54, 1.807) is 19.2 Å². The van der Waals surface area contributed by atoms with Crippen molar-refractivity contribution in [3.05, 3.63) is 53.6 Å². The maximum atomic E-state index is 12.4. The molecule has 8 heteroatoms. The fraction of sp³-hybridized carbons (Fsp3) is 0.286. The first kappa shape index (κ1) is 22.4. The smallest absolute Gasteiger partial charge is 0.279 e. The fourth-order valence-electron chi connectivity index (χ4n) is 2.84. The molecule has 2 aromatic rings. The van der Waals surface area contributed by atoms with Gasteiger partial charge in [-0.2, -0.15) is 0 Å². The van der Waals surface area contributed by atoms with Gasteiger partial charge < -0.3 is 21.3 Å². The molecule has 0 heterocycles. The first-order chi connectivity index (χ1) is 13.8. The van der Waals surface area contributed by atoms with Crippen molar-refractivity contribution in [3.63, 3.8) is 0 Å². The van der Waals surface area contributed by atoms with Crippen LogP contribution in [0.5, 0.6) is 0 Å². The number of carbonyl (C=O) groups excluding carboxylic acids is 3. The van der Waals surface area contributed by atoms with Crippen molar-refractivity contribution in [2.45, 2.75) is 18.7 Å². The predicted molar refractivity (Wildman–Crippen MR) is 116 cm³/mol. The number of amides is 3. The Morgan fingerprint density at radius 3 is 2.14 bits per heavy atom. The van der Waals surface area contributed by atoms with Gasteiger partial charge in [-0.1, -0.05) is 30.3 Å². The van der Waals surface area contributed by atoms with Crippen LogP contribution in [-0.4, -0.2) is 43.6 Å². The van der Waals surface area contributed by atoms with Crippen molar-refractivity contribution in [2.24, 2.45) is 5.73 Å². The van der Waals surface area contributed by atoms with Crippen molar-refractivity contribution >= 4 is 40.9 Å². The molecule has 7 nitrogen and oxygen atoms in total. The number of benzene rings is 2. The Bertz CT molecular complexity index is 881. The summed E-state index contributed by atoms with van der Waals surface area (Å²) in [5.74, 6) is -0.647. The maximum absolute atomic E-state index is 12.4. The summed E-state index contributed by atoms with van der Waals surface area (Å²) in [5.41, 5.74) is 8.62. The zero-order chi connectivity index (χ0) is 21.4. The van der Waals surface area contributed by atoms with E-state index in [9.17, 15) is 14.4 Å². The van der Waals surface area contributed by atoms with E-state index in [1.165, 1.54) is 11.8 Å². The minimum Gasteiger partial charge on any atom is -0.369 e. The molecule has 1 atom stereocenters. The molecule has 0 aliphatic carbocycles. The third-order valence-corrected chi connectivity index (χ3v) is 5.30. The monoisotopic (exact) mass is 415 g/mol. The molecule has 154 valence electrons. The quantitative estimate of drug-likeness (QED) is 0.458. The molecule has 0 radical (unpaired) electrons. The molecular weight excluding hydrogens is 388 g/mol. The lowest BCUT2D eigenvalue weighted by atomic mass is 10.1. The molecule has 3 amide bonds. The van der Waals surface area contributed by atoms with Crippen molar-refractivity contribution in [1.29, 1.82) is 0 Å². The molecule has 2 rings (SSSR count). The minimum absolute atomic E-state index is 0.134. The lowest BCUT2D eigenvalue weighted by Crippen LogP contribution is -3.11. The van der Waals surface area contributed by atoms with Crippen LogP contribution < -0.4 is 21.3 Å². The summed E-state index contributed by atoms with van der Waals surface area (Å²) in [6.45, 7) is 4.19. The average Bonchev–Trinajstić information content (AvgIpc) is 2.63. The Balaban J connectivity index is 1.89. The fourth-order valence-corrected chi connectivity index (χ4v) is 3.59. The van der Waals surface area contributed by atoms with Crippen molar-refractivity contribution in [2.75, 3.05) is 36.5 Å². The van der Waals surface area contributed by atoms with Crippen LogP contribution in [0.3, 0.4) is 0 Å². The minimum atomic E-state index is -0.421. The van der Waals surface area contributed by atoms with Gasteiger partial charge in [0.05, 0.1) is 18.5 Å². The highest BCUT2D eigenvalue weighted by atomic mass is 32.2. The second-order valence-electron chi connectivity index (χ2n) is 6.92. The molecule has 0 spiro atoms. The Morgan fingerprint density at radius 1 is 0.931 bits per heavy atom. The number of carbonyl (C=O) groups is 3. The van der Waals surface area contributed by atoms with E-state index < -0.39 is 5.91 Å². The van der Waals surface area contributed by atoms with Gasteiger partial charge in [-0.15, -0.1) is 11.8 Å². The number of rotatable bonds is 9. The number of aryl methyl sites for hydroxylation is 2. The number of hydrogen-bond donors (Lipinski definition) is 4. The average molecular weight is 416 g/mol. The van der Waals surface area contributed by atoms with E-state index in [1.807, 2.05) is 44.2 Å². The van der Waals surface area contributed by atoms with E-state index in [0.717, 1.165) is 26.6 Å². The van der Waals surface area contributed by atoms with Gasteiger partial charge in [0.1, 0.15) is 0 Å². The summed E-state index contributed by atoms with van der Waals surface area (Å²) < 4.78 is 0. The molecule has 0 aliphatic heterocycles. The lowest BCUT2D eigenvalue weighted by molar-refractivity contribution is -0.862. The van der Waals surface area contributed by atoms with Gasteiger partial charge in [0.15, 0.2) is 13.1 Å². The van der Waals surface area contributed by atoms with Crippen molar-refractivity contribution in [1.82, 2.24) is 0 Å². The van der Waals surface area contributed by atoms with E-state index in [4.69, 9.17) is 5.73 Å². The molecule has 0 fully saturated rings. The summed E-state index contributed by atoms with van der Waals surface area (Å²) in [6.07, 6.45) is 0. The van der Waals surface area contributed by atoms with E-state index >= 15 is 0 Å². The summed E-state index contributed by atoms with van der Waals surface area (Å²) in [6, 6.07) is 13.1. The molecular formula is C21H27N4O3S+. The van der Waals surface area contributed by atoms with Gasteiger partial charge in [-0.3, -0.25) is 14.4 Å². The van der Waals surface area contributed by atoms with Crippen LogP contribution >= 0.6 is 11.8 Å². The number of thioether (sulfide) groups is 1. The van der Waals surface area contributed by atoms with Gasteiger partial charge in [0.2, 0.25) is 5.91 Å². The molecule has 2 aromatic carbocycles. The highest BCUT2D eigenvalue weighted by Crippen LogP contribution is 2.26. The normalized spacial score (nSPS) is 11.6. The number of para-hydroxylation sites is 2. The summed E-state index contributed by atoms with van der Waals surface area (Å²) >= 11 is 1.27. The second kappa shape index (κ2) is 10.6. The number of primary amides is 1. The molecule has 29 heavy (non-hydrogen) atoms. The SMILES string of the molecule is Cc1cccc(C)c1NC(=O)C[NH+](C)CC(=O)Nc1ccccc1SCC(N)=O. The zero-order valence-corrected chi connectivity index (χ0v) is 17.7. The Kier molecular flexibility index (Phi) is 8.23. The van der Waals surface area contributed by atoms with Gasteiger partial charge in [0.25, 0.3) is 11.8 Å². The molecule has 1 unspecified atom stereocenters. The third-order valence-electron chi connectivity index (χ3n) is 4.20. The van der Waals surface area contributed by atoms with Crippen LogP contribution in [0.1, 0.15) is 11.1 Å². The molecule has 0 aromatic heterocycles. The van der Waals surface area contributed by atoms with Crippen LogP contribution in [0, 0.1) is 13.8 Å². The van der Waals surface area contributed by atoms with Crippen molar-refractivity contribution in [3.8, 4) is 0 Å². The topological polar surface area (TPSA) is 106 Å². The highest BCUT2D eigenvalue weighted by Gasteiger charge is 2.16. The standard InChI is InChI=1S/C21H26N4O3S/c1-14-7-6-8-15(2)21(14)24-20(28)12-25(3)11-19(27)23-16-9-4-5-10-17(16)29-13-18(22)26/h4-10H,11-13H2,1-3H3,(H2,22,26)(H,23,27)(H,24,28)/p+1. The first-order valence-corrected chi connectivity index (χ1v) is 10.2. The number of hydrogen-bond acceptors (Lipinski definition) is 4. The van der Waals surface area contributed by atoms with Crippen LogP contribution in [0.15, 0.2) is 47.4 Å². The zero-order valence-electron chi connectivity index (χ0n) is 16.9. The number of nitrogens with two attached hydrogens (primary N) is 1. The molecule has 0 aliphatic rings. The van der Waals surface area contributed by atoms with Crippen LogP contribution in [0.4, 0.5) is 11.4 Å². The van der Waals surface area contributed by atoms with E-state index in [2.05, 4.69) is 10.6 Å². The predicted octanol–water partition coefficient (Wildman–Crippen LogP) is 0.973. The Hall–Kier alpha value is -2.84. The van der Waals surface area contributed by atoms with Gasteiger partial charge >= 0.3 is 0 Å².